The Kier molecular flexibility index (Phi) is 2.69. The first-order valence-electron chi connectivity index (χ1n) is 4.48. The first kappa shape index (κ1) is 9.33. The van der Waals surface area contributed by atoms with E-state index in [2.05, 4.69) is 10.1 Å². The van der Waals surface area contributed by atoms with Gasteiger partial charge >= 0.3 is 0 Å². The number of rotatable bonds is 2. The summed E-state index contributed by atoms with van der Waals surface area (Å²) < 4.78 is 1.18. The van der Waals surface area contributed by atoms with E-state index >= 15 is 0 Å². The maximum Gasteiger partial charge on any atom is 0.272 e. The minimum atomic E-state index is -0.212. The third-order valence-electron chi connectivity index (χ3n) is 1.86. The molecule has 0 saturated carbocycles. The second-order valence-corrected chi connectivity index (χ2v) is 2.92. The van der Waals surface area contributed by atoms with E-state index in [-0.39, 0.29) is 5.91 Å². The molecule has 0 aliphatic heterocycles. The molecular formula is C11H9N3O. The van der Waals surface area contributed by atoms with E-state index in [1.165, 1.54) is 23.4 Å². The summed E-state index contributed by atoms with van der Waals surface area (Å²) in [5, 5.41) is 3.73. The Balaban J connectivity index is 2.10. The molecule has 4 nitrogen and oxygen atoms in total. The lowest BCUT2D eigenvalue weighted by Gasteiger charge is -1.92. The van der Waals surface area contributed by atoms with E-state index in [1.807, 2.05) is 30.3 Å². The molecule has 2 rings (SSSR count). The van der Waals surface area contributed by atoms with Crippen molar-refractivity contribution in [1.82, 2.24) is 14.8 Å². The van der Waals surface area contributed by atoms with Crippen LogP contribution in [0.2, 0.25) is 0 Å². The van der Waals surface area contributed by atoms with Gasteiger partial charge in [-0.3, -0.25) is 4.79 Å². The molecule has 0 aliphatic rings. The summed E-state index contributed by atoms with van der Waals surface area (Å²) in [6.45, 7) is 0. The SMILES string of the molecule is O=C(C=Cc1ccccc1)n1cncn1. The topological polar surface area (TPSA) is 47.8 Å². The van der Waals surface area contributed by atoms with Gasteiger partial charge in [0.2, 0.25) is 0 Å². The predicted octanol–water partition coefficient (Wildman–Crippen LogP) is 1.63. The molecular weight excluding hydrogens is 190 g/mol. The smallest absolute Gasteiger partial charge is 0.267 e. The second kappa shape index (κ2) is 4.32. The highest BCUT2D eigenvalue weighted by atomic mass is 16.2. The van der Waals surface area contributed by atoms with Crippen LogP contribution in [0.15, 0.2) is 49.1 Å². The van der Waals surface area contributed by atoms with E-state index in [4.69, 9.17) is 0 Å². The van der Waals surface area contributed by atoms with Crippen LogP contribution in [-0.2, 0) is 0 Å². The van der Waals surface area contributed by atoms with Crippen molar-refractivity contribution in [2.75, 3.05) is 0 Å². The summed E-state index contributed by atoms with van der Waals surface area (Å²) in [4.78, 5) is 15.1. The Hall–Kier alpha value is -2.23. The summed E-state index contributed by atoms with van der Waals surface area (Å²) in [6, 6.07) is 9.60. The van der Waals surface area contributed by atoms with Crippen molar-refractivity contribution in [2.24, 2.45) is 0 Å². The van der Waals surface area contributed by atoms with E-state index in [0.717, 1.165) is 5.56 Å². The molecule has 4 heteroatoms. The van der Waals surface area contributed by atoms with Crippen LogP contribution < -0.4 is 0 Å². The van der Waals surface area contributed by atoms with Gasteiger partial charge in [-0.25, -0.2) is 4.98 Å². The van der Waals surface area contributed by atoms with Crippen LogP contribution in [-0.4, -0.2) is 20.7 Å². The Bertz CT molecular complexity index is 460. The molecule has 0 bridgehead atoms. The lowest BCUT2D eigenvalue weighted by molar-refractivity contribution is 0.0955. The van der Waals surface area contributed by atoms with Gasteiger partial charge in [-0.05, 0) is 11.6 Å². The van der Waals surface area contributed by atoms with Gasteiger partial charge < -0.3 is 0 Å². The zero-order chi connectivity index (χ0) is 10.5. The number of carbonyl (C=O) groups excluding carboxylic acids is 1. The largest absolute Gasteiger partial charge is 0.272 e. The molecule has 74 valence electrons. The molecule has 0 atom stereocenters. The molecule has 0 spiro atoms. The van der Waals surface area contributed by atoms with Crippen molar-refractivity contribution < 1.29 is 4.79 Å². The van der Waals surface area contributed by atoms with Crippen LogP contribution in [0.1, 0.15) is 10.4 Å². The Morgan fingerprint density at radius 3 is 2.73 bits per heavy atom. The van der Waals surface area contributed by atoms with Crippen molar-refractivity contribution >= 4 is 12.0 Å². The summed E-state index contributed by atoms with van der Waals surface area (Å²) in [7, 11) is 0. The van der Waals surface area contributed by atoms with Crippen LogP contribution in [0.25, 0.3) is 6.08 Å². The molecule has 1 aromatic heterocycles. The highest BCUT2D eigenvalue weighted by Gasteiger charge is 1.98. The van der Waals surface area contributed by atoms with Crippen molar-refractivity contribution in [3.8, 4) is 0 Å². The molecule has 0 aliphatic carbocycles. The Morgan fingerprint density at radius 1 is 1.27 bits per heavy atom. The minimum Gasteiger partial charge on any atom is -0.267 e. The monoisotopic (exact) mass is 199 g/mol. The van der Waals surface area contributed by atoms with Crippen LogP contribution in [0.4, 0.5) is 0 Å². The van der Waals surface area contributed by atoms with E-state index in [1.54, 1.807) is 6.08 Å². The van der Waals surface area contributed by atoms with Crippen LogP contribution in [0, 0.1) is 0 Å². The Labute approximate surface area is 86.9 Å². The number of aromatic nitrogens is 3. The van der Waals surface area contributed by atoms with Gasteiger partial charge in [-0.2, -0.15) is 9.78 Å². The van der Waals surface area contributed by atoms with Gasteiger partial charge in [-0.15, -0.1) is 0 Å². The number of allylic oxidation sites excluding steroid dienone is 1. The quantitative estimate of drug-likeness (QED) is 0.690. The molecule has 0 N–H and O–H groups in total. The molecule has 0 unspecified atom stereocenters. The molecule has 0 amide bonds. The van der Waals surface area contributed by atoms with Gasteiger partial charge in [0.25, 0.3) is 5.91 Å². The average Bonchev–Trinajstić information content (AvgIpc) is 2.81. The van der Waals surface area contributed by atoms with Crippen molar-refractivity contribution in [3.05, 3.63) is 54.6 Å². The number of hydrogen-bond donors (Lipinski definition) is 0. The first-order valence-corrected chi connectivity index (χ1v) is 4.48. The van der Waals surface area contributed by atoms with Gasteiger partial charge in [0.15, 0.2) is 0 Å². The molecule has 0 saturated heterocycles. The van der Waals surface area contributed by atoms with Crippen molar-refractivity contribution in [3.63, 3.8) is 0 Å². The molecule has 1 heterocycles. The third-order valence-corrected chi connectivity index (χ3v) is 1.86. The maximum atomic E-state index is 11.5. The molecule has 0 radical (unpaired) electrons. The fourth-order valence-electron chi connectivity index (χ4n) is 1.13. The highest BCUT2D eigenvalue weighted by molar-refractivity contribution is 5.92. The number of carbonyl (C=O) groups is 1. The van der Waals surface area contributed by atoms with Gasteiger partial charge in [0.1, 0.15) is 12.7 Å². The zero-order valence-corrected chi connectivity index (χ0v) is 7.95. The molecule has 2 aromatic rings. The van der Waals surface area contributed by atoms with Gasteiger partial charge in [0, 0.05) is 6.08 Å². The number of nitrogens with zero attached hydrogens (tertiary/aromatic N) is 3. The summed E-state index contributed by atoms with van der Waals surface area (Å²) >= 11 is 0. The predicted molar refractivity (Wildman–Crippen MR) is 56.1 cm³/mol. The van der Waals surface area contributed by atoms with Crippen LogP contribution in [0.3, 0.4) is 0 Å². The molecule has 1 aromatic carbocycles. The number of benzene rings is 1. The van der Waals surface area contributed by atoms with E-state index < -0.39 is 0 Å². The lowest BCUT2D eigenvalue weighted by Crippen LogP contribution is -2.06. The maximum absolute atomic E-state index is 11.5. The van der Waals surface area contributed by atoms with E-state index in [9.17, 15) is 4.79 Å². The van der Waals surface area contributed by atoms with Crippen LogP contribution in [0.5, 0.6) is 0 Å². The summed E-state index contributed by atoms with van der Waals surface area (Å²) in [6.07, 6.45) is 5.90. The normalized spacial score (nSPS) is 10.7. The lowest BCUT2D eigenvalue weighted by atomic mass is 10.2. The van der Waals surface area contributed by atoms with Gasteiger partial charge in [0.05, 0.1) is 0 Å². The van der Waals surface area contributed by atoms with E-state index in [0.29, 0.717) is 0 Å². The minimum absolute atomic E-state index is 0.212. The van der Waals surface area contributed by atoms with Crippen molar-refractivity contribution in [2.45, 2.75) is 0 Å². The fraction of sp³-hybridized carbons (Fsp3) is 0. The first-order chi connectivity index (χ1) is 7.36. The Morgan fingerprint density at radius 2 is 2.07 bits per heavy atom. The summed E-state index contributed by atoms with van der Waals surface area (Å²) in [5.74, 6) is -0.212. The molecule has 0 fully saturated rings. The van der Waals surface area contributed by atoms with Gasteiger partial charge in [-0.1, -0.05) is 30.3 Å². The van der Waals surface area contributed by atoms with Crippen molar-refractivity contribution in [1.29, 1.82) is 0 Å². The average molecular weight is 199 g/mol. The second-order valence-electron chi connectivity index (χ2n) is 2.92. The third kappa shape index (κ3) is 2.37. The standard InChI is InChI=1S/C11H9N3O/c15-11(14-9-12-8-13-14)7-6-10-4-2-1-3-5-10/h1-9H. The zero-order valence-electron chi connectivity index (χ0n) is 7.95. The van der Waals surface area contributed by atoms with Crippen LogP contribution >= 0.6 is 0 Å². The highest BCUT2D eigenvalue weighted by Crippen LogP contribution is 2.00. The summed E-state index contributed by atoms with van der Waals surface area (Å²) in [5.41, 5.74) is 0.978. The molecule has 15 heavy (non-hydrogen) atoms. The fourth-order valence-corrected chi connectivity index (χ4v) is 1.13. The number of hydrogen-bond acceptors (Lipinski definition) is 3.